The first-order valence-electron chi connectivity index (χ1n) is 9.74. The number of benzene rings is 1. The average Bonchev–Trinajstić information content (AvgIpc) is 2.91. The molecule has 0 radical (unpaired) electrons. The van der Waals surface area contributed by atoms with Gasteiger partial charge in [0.1, 0.15) is 17.9 Å². The second-order valence-corrected chi connectivity index (χ2v) is 8.67. The first-order valence-corrected chi connectivity index (χ1v) is 10.1. The van der Waals surface area contributed by atoms with Crippen molar-refractivity contribution in [2.24, 2.45) is 0 Å². The minimum absolute atomic E-state index is 0.0183. The highest BCUT2D eigenvalue weighted by molar-refractivity contribution is 6.32. The zero-order chi connectivity index (χ0) is 22.1. The van der Waals surface area contributed by atoms with E-state index in [4.69, 9.17) is 16.3 Å². The Labute approximate surface area is 179 Å². The van der Waals surface area contributed by atoms with Crippen LogP contribution in [0, 0.1) is 5.82 Å². The van der Waals surface area contributed by atoms with Crippen LogP contribution in [0.15, 0.2) is 18.2 Å². The number of hydrogen-bond acceptors (Lipinski definition) is 5. The van der Waals surface area contributed by atoms with Crippen molar-refractivity contribution >= 4 is 29.4 Å². The summed E-state index contributed by atoms with van der Waals surface area (Å²) in [6.07, 6.45) is 0. The summed E-state index contributed by atoms with van der Waals surface area (Å²) in [5.41, 5.74) is -1.51. The Morgan fingerprint density at radius 2 is 2.00 bits per heavy atom. The summed E-state index contributed by atoms with van der Waals surface area (Å²) < 4.78 is 18.7. The number of amides is 4. The van der Waals surface area contributed by atoms with Crippen LogP contribution in [-0.2, 0) is 19.9 Å². The Balaban J connectivity index is 1.64. The minimum atomic E-state index is -1.48. The molecule has 3 rings (SSSR count). The summed E-state index contributed by atoms with van der Waals surface area (Å²) in [6.45, 7) is 8.27. The first kappa shape index (κ1) is 22.5. The predicted molar refractivity (Wildman–Crippen MR) is 108 cm³/mol. The molecule has 0 bridgehead atoms. The SMILES string of the molecule is CC1(c2ccc(F)cc2Cl)NC(=O)N(CC(=O)NCC(C)(C)N2CCOCC2)C1=O. The number of imide groups is 1. The van der Waals surface area contributed by atoms with Crippen LogP contribution in [0.25, 0.3) is 0 Å². The number of carbonyl (C=O) groups excluding carboxylic acids is 3. The lowest BCUT2D eigenvalue weighted by Gasteiger charge is -2.40. The topological polar surface area (TPSA) is 91.0 Å². The number of ether oxygens (including phenoxy) is 1. The monoisotopic (exact) mass is 440 g/mol. The lowest BCUT2D eigenvalue weighted by molar-refractivity contribution is -0.135. The van der Waals surface area contributed by atoms with Gasteiger partial charge in [0.15, 0.2) is 0 Å². The molecule has 8 nitrogen and oxygen atoms in total. The number of urea groups is 1. The van der Waals surface area contributed by atoms with Gasteiger partial charge in [-0.2, -0.15) is 0 Å². The van der Waals surface area contributed by atoms with Crippen molar-refractivity contribution in [2.75, 3.05) is 39.4 Å². The molecule has 2 fully saturated rings. The molecule has 2 heterocycles. The molecule has 164 valence electrons. The summed E-state index contributed by atoms with van der Waals surface area (Å²) in [6, 6.07) is 2.88. The molecular weight excluding hydrogens is 415 g/mol. The molecule has 1 aromatic carbocycles. The molecule has 2 aliphatic heterocycles. The van der Waals surface area contributed by atoms with Crippen molar-refractivity contribution < 1.29 is 23.5 Å². The van der Waals surface area contributed by atoms with Crippen LogP contribution in [0.1, 0.15) is 26.3 Å². The standard InChI is InChI=1S/C20H26ClFN4O4/c1-19(2,25-6-8-30-9-7-25)12-23-16(27)11-26-17(28)20(3,24-18(26)29)14-5-4-13(22)10-15(14)21/h4-5,10H,6-9,11-12H2,1-3H3,(H,23,27)(H,24,29). The van der Waals surface area contributed by atoms with Gasteiger partial charge in [-0.3, -0.25) is 19.4 Å². The smallest absolute Gasteiger partial charge is 0.325 e. The maximum atomic E-state index is 13.4. The van der Waals surface area contributed by atoms with E-state index < -0.39 is 35.7 Å². The molecule has 2 saturated heterocycles. The van der Waals surface area contributed by atoms with Crippen molar-refractivity contribution in [1.82, 2.24) is 20.4 Å². The van der Waals surface area contributed by atoms with E-state index in [1.165, 1.54) is 13.0 Å². The molecule has 2 N–H and O–H groups in total. The molecule has 0 aromatic heterocycles. The van der Waals surface area contributed by atoms with E-state index in [0.29, 0.717) is 19.8 Å². The number of rotatable bonds is 6. The molecule has 0 aliphatic carbocycles. The Morgan fingerprint density at radius 3 is 2.63 bits per heavy atom. The Kier molecular flexibility index (Phi) is 6.35. The number of nitrogens with zero attached hydrogens (tertiary/aromatic N) is 2. The third kappa shape index (κ3) is 4.43. The maximum Gasteiger partial charge on any atom is 0.325 e. The van der Waals surface area contributed by atoms with Gasteiger partial charge in [-0.05, 0) is 32.9 Å². The lowest BCUT2D eigenvalue weighted by atomic mass is 9.92. The second-order valence-electron chi connectivity index (χ2n) is 8.26. The van der Waals surface area contributed by atoms with Crippen LogP contribution < -0.4 is 10.6 Å². The van der Waals surface area contributed by atoms with Crippen molar-refractivity contribution in [3.63, 3.8) is 0 Å². The second kappa shape index (κ2) is 8.49. The molecule has 0 saturated carbocycles. The van der Waals surface area contributed by atoms with Crippen molar-refractivity contribution in [3.05, 3.63) is 34.6 Å². The third-order valence-corrected chi connectivity index (χ3v) is 5.94. The number of carbonyl (C=O) groups is 3. The van der Waals surface area contributed by atoms with Gasteiger partial charge in [0.05, 0.1) is 13.2 Å². The van der Waals surface area contributed by atoms with Crippen molar-refractivity contribution in [3.8, 4) is 0 Å². The number of halogens is 2. The minimum Gasteiger partial charge on any atom is -0.379 e. The van der Waals surface area contributed by atoms with E-state index in [1.807, 2.05) is 13.8 Å². The number of morpholine rings is 1. The zero-order valence-electron chi connectivity index (χ0n) is 17.3. The highest BCUT2D eigenvalue weighted by Crippen LogP contribution is 2.33. The first-order chi connectivity index (χ1) is 14.0. The quantitative estimate of drug-likeness (QED) is 0.654. The van der Waals surface area contributed by atoms with E-state index in [1.54, 1.807) is 0 Å². The molecule has 1 unspecified atom stereocenters. The van der Waals surface area contributed by atoms with E-state index in [0.717, 1.165) is 30.1 Å². The van der Waals surface area contributed by atoms with Gasteiger partial charge < -0.3 is 15.4 Å². The summed E-state index contributed by atoms with van der Waals surface area (Å²) in [5.74, 6) is -1.62. The highest BCUT2D eigenvalue weighted by atomic mass is 35.5. The van der Waals surface area contributed by atoms with E-state index in [2.05, 4.69) is 15.5 Å². The van der Waals surface area contributed by atoms with Gasteiger partial charge in [0.2, 0.25) is 5.91 Å². The van der Waals surface area contributed by atoms with Crippen molar-refractivity contribution in [2.45, 2.75) is 31.8 Å². The van der Waals surface area contributed by atoms with E-state index in [9.17, 15) is 18.8 Å². The van der Waals surface area contributed by atoms with Crippen LogP contribution >= 0.6 is 11.6 Å². The van der Waals surface area contributed by atoms with E-state index in [-0.39, 0.29) is 16.1 Å². The highest BCUT2D eigenvalue weighted by Gasteiger charge is 2.50. The van der Waals surface area contributed by atoms with Crippen LogP contribution in [-0.4, -0.2) is 72.6 Å². The lowest BCUT2D eigenvalue weighted by Crippen LogP contribution is -2.56. The predicted octanol–water partition coefficient (Wildman–Crippen LogP) is 1.47. The van der Waals surface area contributed by atoms with Crippen LogP contribution in [0.5, 0.6) is 0 Å². The van der Waals surface area contributed by atoms with Crippen LogP contribution in [0.3, 0.4) is 0 Å². The van der Waals surface area contributed by atoms with Crippen LogP contribution in [0.4, 0.5) is 9.18 Å². The van der Waals surface area contributed by atoms with E-state index >= 15 is 0 Å². The molecule has 30 heavy (non-hydrogen) atoms. The Morgan fingerprint density at radius 1 is 1.33 bits per heavy atom. The van der Waals surface area contributed by atoms with Gasteiger partial charge in [0, 0.05) is 35.8 Å². The van der Waals surface area contributed by atoms with Gasteiger partial charge in [-0.25, -0.2) is 9.18 Å². The summed E-state index contributed by atoms with van der Waals surface area (Å²) in [7, 11) is 0. The normalized spacial score (nSPS) is 22.9. The Bertz CT molecular complexity index is 859. The fourth-order valence-corrected chi connectivity index (χ4v) is 4.07. The number of nitrogens with one attached hydrogen (secondary N) is 2. The van der Waals surface area contributed by atoms with Gasteiger partial charge in [0.25, 0.3) is 5.91 Å². The summed E-state index contributed by atoms with van der Waals surface area (Å²) >= 11 is 6.08. The summed E-state index contributed by atoms with van der Waals surface area (Å²) in [4.78, 5) is 40.9. The van der Waals surface area contributed by atoms with Crippen molar-refractivity contribution in [1.29, 1.82) is 0 Å². The largest absolute Gasteiger partial charge is 0.379 e. The molecule has 10 heteroatoms. The fourth-order valence-electron chi connectivity index (χ4n) is 3.71. The third-order valence-electron chi connectivity index (χ3n) is 5.63. The maximum absolute atomic E-state index is 13.4. The summed E-state index contributed by atoms with van der Waals surface area (Å²) in [5, 5.41) is 5.39. The van der Waals surface area contributed by atoms with Crippen LogP contribution in [0.2, 0.25) is 5.02 Å². The zero-order valence-corrected chi connectivity index (χ0v) is 18.0. The molecule has 0 spiro atoms. The molecule has 1 atom stereocenters. The molecule has 4 amide bonds. The number of hydrogen-bond donors (Lipinski definition) is 2. The molecule has 1 aromatic rings. The molecular formula is C20H26ClFN4O4. The molecule has 2 aliphatic rings. The Hall–Kier alpha value is -2.23. The fraction of sp³-hybridized carbons (Fsp3) is 0.550. The van der Waals surface area contributed by atoms with Gasteiger partial charge in [-0.1, -0.05) is 17.7 Å². The van der Waals surface area contributed by atoms with Gasteiger partial charge in [-0.15, -0.1) is 0 Å². The average molecular weight is 441 g/mol. The van der Waals surface area contributed by atoms with Gasteiger partial charge >= 0.3 is 6.03 Å².